The first-order chi connectivity index (χ1) is 20.8. The molecule has 8 rings (SSSR count). The Balaban J connectivity index is 1.31. The summed E-state index contributed by atoms with van der Waals surface area (Å²) in [4.78, 5) is 13.6. The SMILES string of the molecule is C1=C(c2ccc3c4ccccc4c4ccc(-c5cncc(-c6ccccn6)c5)cc4c3c2)C=C(c2ccccn2)C[N-]1. The molecular weight excluding hydrogens is 512 g/mol. The van der Waals surface area contributed by atoms with Crippen molar-refractivity contribution in [1.82, 2.24) is 15.0 Å². The van der Waals surface area contributed by atoms with Crippen LogP contribution in [0.5, 0.6) is 0 Å². The fourth-order valence-corrected chi connectivity index (χ4v) is 5.97. The molecule has 7 aromatic rings. The summed E-state index contributed by atoms with van der Waals surface area (Å²) in [5, 5.41) is 12.1. The van der Waals surface area contributed by atoms with Crippen molar-refractivity contribution in [2.75, 3.05) is 6.54 Å². The molecule has 0 saturated carbocycles. The summed E-state index contributed by atoms with van der Waals surface area (Å²) in [6.07, 6.45) is 11.7. The third-order valence-electron chi connectivity index (χ3n) is 8.02. The number of allylic oxidation sites excluding steroid dienone is 2. The smallest absolute Gasteiger partial charge is 0.0717 e. The van der Waals surface area contributed by atoms with Crippen LogP contribution in [0.3, 0.4) is 0 Å². The molecule has 0 bridgehead atoms. The van der Waals surface area contributed by atoms with Gasteiger partial charge < -0.3 is 5.32 Å². The average molecular weight is 538 g/mol. The van der Waals surface area contributed by atoms with Crippen molar-refractivity contribution >= 4 is 43.5 Å². The largest absolute Gasteiger partial charge is 0.686 e. The Labute approximate surface area is 243 Å². The fraction of sp³-hybridized carbons (Fsp3) is 0.0263. The van der Waals surface area contributed by atoms with Crippen LogP contribution in [0, 0.1) is 0 Å². The summed E-state index contributed by atoms with van der Waals surface area (Å²) in [6, 6.07) is 36.4. The highest BCUT2D eigenvalue weighted by molar-refractivity contribution is 6.26. The maximum Gasteiger partial charge on any atom is 0.0717 e. The molecule has 1 aliphatic heterocycles. The topological polar surface area (TPSA) is 52.8 Å². The first-order valence-electron chi connectivity index (χ1n) is 14.1. The van der Waals surface area contributed by atoms with Crippen molar-refractivity contribution in [1.29, 1.82) is 0 Å². The molecule has 0 spiro atoms. The molecule has 198 valence electrons. The first kappa shape index (κ1) is 24.2. The molecule has 0 amide bonds. The fourth-order valence-electron chi connectivity index (χ4n) is 5.97. The molecule has 0 radical (unpaired) electrons. The molecule has 4 aromatic carbocycles. The summed E-state index contributed by atoms with van der Waals surface area (Å²) in [5.74, 6) is 0. The molecule has 0 saturated heterocycles. The van der Waals surface area contributed by atoms with E-state index in [1.54, 1.807) is 0 Å². The second kappa shape index (κ2) is 10.1. The van der Waals surface area contributed by atoms with Crippen LogP contribution in [0.4, 0.5) is 0 Å². The van der Waals surface area contributed by atoms with Crippen LogP contribution in [0.2, 0.25) is 0 Å². The van der Waals surface area contributed by atoms with E-state index < -0.39 is 0 Å². The molecule has 0 N–H and O–H groups in total. The van der Waals surface area contributed by atoms with Gasteiger partial charge in [0.05, 0.1) is 11.4 Å². The third kappa shape index (κ3) is 4.21. The highest BCUT2D eigenvalue weighted by atomic mass is 14.8. The molecule has 4 heteroatoms. The highest BCUT2D eigenvalue weighted by Gasteiger charge is 2.13. The lowest BCUT2D eigenvalue weighted by atomic mass is 9.90. The van der Waals surface area contributed by atoms with Crippen molar-refractivity contribution in [3.8, 4) is 22.4 Å². The van der Waals surface area contributed by atoms with E-state index in [4.69, 9.17) is 0 Å². The van der Waals surface area contributed by atoms with Crippen LogP contribution in [-0.4, -0.2) is 21.5 Å². The molecular formula is C38H25N4-. The first-order valence-corrected chi connectivity index (χ1v) is 14.1. The zero-order valence-corrected chi connectivity index (χ0v) is 22.8. The molecule has 3 aromatic heterocycles. The number of benzene rings is 4. The van der Waals surface area contributed by atoms with Gasteiger partial charge in [0.1, 0.15) is 0 Å². The second-order valence-corrected chi connectivity index (χ2v) is 10.6. The number of hydrogen-bond donors (Lipinski definition) is 0. The van der Waals surface area contributed by atoms with Crippen LogP contribution < -0.4 is 0 Å². The molecule has 0 atom stereocenters. The number of fused-ring (bicyclic) bond motifs is 6. The molecule has 4 heterocycles. The van der Waals surface area contributed by atoms with Crippen LogP contribution >= 0.6 is 0 Å². The van der Waals surface area contributed by atoms with E-state index in [9.17, 15) is 0 Å². The minimum absolute atomic E-state index is 0.636. The zero-order valence-electron chi connectivity index (χ0n) is 22.8. The Bertz CT molecular complexity index is 2180. The van der Waals surface area contributed by atoms with E-state index in [2.05, 4.69) is 93.1 Å². The lowest BCUT2D eigenvalue weighted by Gasteiger charge is -2.25. The minimum atomic E-state index is 0.636. The third-order valence-corrected chi connectivity index (χ3v) is 8.02. The van der Waals surface area contributed by atoms with Crippen LogP contribution in [0.25, 0.3) is 71.2 Å². The summed E-state index contributed by atoms with van der Waals surface area (Å²) < 4.78 is 0. The Morgan fingerprint density at radius 2 is 1.12 bits per heavy atom. The monoisotopic (exact) mass is 537 g/mol. The van der Waals surface area contributed by atoms with E-state index in [-0.39, 0.29) is 0 Å². The van der Waals surface area contributed by atoms with E-state index in [1.807, 2.05) is 67.4 Å². The molecule has 0 unspecified atom stereocenters. The molecule has 1 aliphatic rings. The van der Waals surface area contributed by atoms with Crippen LogP contribution in [0.15, 0.2) is 140 Å². The van der Waals surface area contributed by atoms with Crippen molar-refractivity contribution in [2.45, 2.75) is 0 Å². The molecule has 0 aliphatic carbocycles. The number of pyridine rings is 3. The summed E-state index contributed by atoms with van der Waals surface area (Å²) in [6.45, 7) is 0.636. The van der Waals surface area contributed by atoms with Crippen LogP contribution in [-0.2, 0) is 0 Å². The molecule has 42 heavy (non-hydrogen) atoms. The van der Waals surface area contributed by atoms with Crippen molar-refractivity contribution in [3.63, 3.8) is 0 Å². The van der Waals surface area contributed by atoms with Gasteiger partial charge in [0, 0.05) is 35.9 Å². The Hall–Kier alpha value is -5.61. The molecule has 4 nitrogen and oxygen atoms in total. The second-order valence-electron chi connectivity index (χ2n) is 10.6. The zero-order chi connectivity index (χ0) is 27.9. The van der Waals surface area contributed by atoms with Crippen LogP contribution in [0.1, 0.15) is 11.3 Å². The van der Waals surface area contributed by atoms with E-state index in [1.165, 1.54) is 32.3 Å². The number of nitrogens with zero attached hydrogens (tertiary/aromatic N) is 4. The Kier molecular flexibility index (Phi) is 5.82. The standard InChI is InChI=1S/C38H25N4/c1-2-8-32-31(7-1)33-13-11-25(27-17-29(23-39-21-27)37-9-3-5-15-41-37)19-35(33)36-20-26(12-14-34(32)36)28-18-30(24-40-22-28)38-10-4-6-16-42-38/h1-23H,24H2/q-1. The summed E-state index contributed by atoms with van der Waals surface area (Å²) >= 11 is 0. The number of hydrogen-bond acceptors (Lipinski definition) is 3. The van der Waals surface area contributed by atoms with Gasteiger partial charge in [0.25, 0.3) is 0 Å². The lowest BCUT2D eigenvalue weighted by molar-refractivity contribution is 1.24. The van der Waals surface area contributed by atoms with Gasteiger partial charge in [-0.15, -0.1) is 6.54 Å². The predicted octanol–water partition coefficient (Wildman–Crippen LogP) is 9.48. The maximum absolute atomic E-state index is 4.69. The summed E-state index contributed by atoms with van der Waals surface area (Å²) in [5.41, 5.74) is 8.43. The van der Waals surface area contributed by atoms with E-state index in [0.29, 0.717) is 6.54 Å². The maximum atomic E-state index is 4.69. The van der Waals surface area contributed by atoms with Crippen molar-refractivity contribution in [2.24, 2.45) is 0 Å². The minimum Gasteiger partial charge on any atom is -0.686 e. The van der Waals surface area contributed by atoms with Gasteiger partial charge >= 0.3 is 0 Å². The van der Waals surface area contributed by atoms with Gasteiger partial charge in [-0.25, -0.2) is 0 Å². The van der Waals surface area contributed by atoms with Gasteiger partial charge in [-0.2, -0.15) is 6.20 Å². The Morgan fingerprint density at radius 1 is 0.500 bits per heavy atom. The highest BCUT2D eigenvalue weighted by Crippen LogP contribution is 2.39. The summed E-state index contributed by atoms with van der Waals surface area (Å²) in [7, 11) is 0. The lowest BCUT2D eigenvalue weighted by Crippen LogP contribution is -1.98. The molecule has 0 fully saturated rings. The Morgan fingerprint density at radius 3 is 1.83 bits per heavy atom. The normalized spacial score (nSPS) is 13.1. The van der Waals surface area contributed by atoms with Gasteiger partial charge in [0.15, 0.2) is 0 Å². The average Bonchev–Trinajstić information content (AvgIpc) is 3.09. The van der Waals surface area contributed by atoms with Gasteiger partial charge in [-0.3, -0.25) is 15.0 Å². The van der Waals surface area contributed by atoms with E-state index in [0.717, 1.165) is 44.8 Å². The van der Waals surface area contributed by atoms with Crippen molar-refractivity contribution in [3.05, 3.63) is 157 Å². The quantitative estimate of drug-likeness (QED) is 0.210. The number of aromatic nitrogens is 3. The van der Waals surface area contributed by atoms with E-state index >= 15 is 0 Å². The predicted molar refractivity (Wildman–Crippen MR) is 174 cm³/mol. The van der Waals surface area contributed by atoms with Gasteiger partial charge in [-0.05, 0) is 97.1 Å². The van der Waals surface area contributed by atoms with Crippen molar-refractivity contribution < 1.29 is 0 Å². The van der Waals surface area contributed by atoms with Gasteiger partial charge in [0.2, 0.25) is 0 Å². The van der Waals surface area contributed by atoms with Gasteiger partial charge in [-0.1, -0.05) is 66.7 Å². The number of rotatable bonds is 4.